The summed E-state index contributed by atoms with van der Waals surface area (Å²) in [5, 5.41) is 2.97. The molecule has 3 rings (SSSR count). The fourth-order valence-corrected chi connectivity index (χ4v) is 3.03. The molecular weight excluding hydrogens is 300 g/mol. The Morgan fingerprint density at radius 3 is 2.83 bits per heavy atom. The van der Waals surface area contributed by atoms with E-state index in [9.17, 15) is 4.79 Å². The molecule has 24 heavy (non-hydrogen) atoms. The molecule has 1 aliphatic heterocycles. The van der Waals surface area contributed by atoms with Gasteiger partial charge in [-0.05, 0) is 42.5 Å². The summed E-state index contributed by atoms with van der Waals surface area (Å²) in [5.41, 5.74) is 6.28. The number of carbonyl (C=O) groups excluding carboxylic acids is 1. The predicted octanol–water partition coefficient (Wildman–Crippen LogP) is 3.04. The lowest BCUT2D eigenvalue weighted by atomic mass is 9.93. The standard InChI is InChI=1S/C19H24N4O/c1-14-5-4-6-18(15(14)2)16-7-9-23(10-8-16)19(24)21-12-17-11-20-13-22(17)3/h4-7,11,13H,8-10,12H2,1-3H3,(H,21,24). The van der Waals surface area contributed by atoms with Gasteiger partial charge in [0.2, 0.25) is 0 Å². The number of nitrogens with one attached hydrogen (secondary N) is 1. The summed E-state index contributed by atoms with van der Waals surface area (Å²) in [6, 6.07) is 6.39. The molecule has 5 heteroatoms. The van der Waals surface area contributed by atoms with Crippen molar-refractivity contribution < 1.29 is 4.79 Å². The molecule has 0 unspecified atom stereocenters. The molecule has 2 aromatic rings. The maximum absolute atomic E-state index is 12.3. The van der Waals surface area contributed by atoms with Gasteiger partial charge in [-0.25, -0.2) is 9.78 Å². The van der Waals surface area contributed by atoms with E-state index in [1.165, 1.54) is 22.3 Å². The highest BCUT2D eigenvalue weighted by Gasteiger charge is 2.18. The SMILES string of the molecule is Cc1cccc(C2=CCN(C(=O)NCc3cncn3C)CC2)c1C. The van der Waals surface area contributed by atoms with Gasteiger partial charge >= 0.3 is 6.03 Å². The second kappa shape index (κ2) is 6.91. The van der Waals surface area contributed by atoms with E-state index in [2.05, 4.69) is 48.4 Å². The number of hydrogen-bond acceptors (Lipinski definition) is 2. The molecule has 1 aliphatic rings. The van der Waals surface area contributed by atoms with Gasteiger partial charge in [0.25, 0.3) is 0 Å². The van der Waals surface area contributed by atoms with Gasteiger partial charge in [0.1, 0.15) is 0 Å². The van der Waals surface area contributed by atoms with Gasteiger partial charge in [0, 0.05) is 26.3 Å². The lowest BCUT2D eigenvalue weighted by Crippen LogP contribution is -2.42. The van der Waals surface area contributed by atoms with Crippen LogP contribution in [0.1, 0.15) is 28.8 Å². The van der Waals surface area contributed by atoms with Gasteiger partial charge in [-0.15, -0.1) is 0 Å². The molecule has 0 bridgehead atoms. The van der Waals surface area contributed by atoms with Crippen LogP contribution in [0.15, 0.2) is 36.8 Å². The molecule has 5 nitrogen and oxygen atoms in total. The fraction of sp³-hybridized carbons (Fsp3) is 0.368. The van der Waals surface area contributed by atoms with Crippen molar-refractivity contribution in [1.82, 2.24) is 19.8 Å². The Hall–Kier alpha value is -2.56. The molecule has 0 fully saturated rings. The lowest BCUT2D eigenvalue weighted by molar-refractivity contribution is 0.202. The van der Waals surface area contributed by atoms with Crippen LogP contribution in [0.4, 0.5) is 4.79 Å². The molecule has 2 heterocycles. The first-order valence-corrected chi connectivity index (χ1v) is 8.30. The highest BCUT2D eigenvalue weighted by atomic mass is 16.2. The Labute approximate surface area is 143 Å². The van der Waals surface area contributed by atoms with Crippen LogP contribution in [0.2, 0.25) is 0 Å². The third-order valence-electron chi connectivity index (χ3n) is 4.78. The monoisotopic (exact) mass is 324 g/mol. The van der Waals surface area contributed by atoms with E-state index >= 15 is 0 Å². The van der Waals surface area contributed by atoms with Crippen molar-refractivity contribution >= 4 is 11.6 Å². The summed E-state index contributed by atoms with van der Waals surface area (Å²) >= 11 is 0. The van der Waals surface area contributed by atoms with Crippen LogP contribution in [0.3, 0.4) is 0 Å². The third kappa shape index (κ3) is 3.35. The molecule has 0 atom stereocenters. The molecule has 1 aromatic carbocycles. The maximum Gasteiger partial charge on any atom is 0.318 e. The lowest BCUT2D eigenvalue weighted by Gasteiger charge is -2.27. The summed E-state index contributed by atoms with van der Waals surface area (Å²) in [7, 11) is 1.93. The van der Waals surface area contributed by atoms with E-state index in [0.717, 1.165) is 18.7 Å². The largest absolute Gasteiger partial charge is 0.336 e. The summed E-state index contributed by atoms with van der Waals surface area (Å²) < 4.78 is 1.91. The smallest absolute Gasteiger partial charge is 0.318 e. The van der Waals surface area contributed by atoms with Crippen molar-refractivity contribution in [2.45, 2.75) is 26.8 Å². The first-order valence-electron chi connectivity index (χ1n) is 8.30. The minimum atomic E-state index is -0.0209. The number of hydrogen-bond donors (Lipinski definition) is 1. The molecular formula is C19H24N4O. The van der Waals surface area contributed by atoms with Crippen LogP contribution < -0.4 is 5.32 Å². The Bertz CT molecular complexity index is 775. The van der Waals surface area contributed by atoms with Crippen molar-refractivity contribution in [1.29, 1.82) is 0 Å². The van der Waals surface area contributed by atoms with Crippen LogP contribution in [-0.4, -0.2) is 33.6 Å². The van der Waals surface area contributed by atoms with Gasteiger partial charge in [-0.1, -0.05) is 24.3 Å². The number of aromatic nitrogens is 2. The van der Waals surface area contributed by atoms with Gasteiger partial charge < -0.3 is 14.8 Å². The first kappa shape index (κ1) is 16.3. The second-order valence-electron chi connectivity index (χ2n) is 6.33. The number of nitrogens with zero attached hydrogens (tertiary/aromatic N) is 3. The van der Waals surface area contributed by atoms with Gasteiger partial charge in [0.15, 0.2) is 0 Å². The van der Waals surface area contributed by atoms with Crippen LogP contribution in [-0.2, 0) is 13.6 Å². The van der Waals surface area contributed by atoms with Crippen LogP contribution in [0, 0.1) is 13.8 Å². The molecule has 0 aliphatic carbocycles. The zero-order valence-corrected chi connectivity index (χ0v) is 14.5. The van der Waals surface area contributed by atoms with E-state index in [-0.39, 0.29) is 6.03 Å². The van der Waals surface area contributed by atoms with Gasteiger partial charge in [0.05, 0.1) is 18.6 Å². The predicted molar refractivity (Wildman–Crippen MR) is 95.5 cm³/mol. The average Bonchev–Trinajstić information content (AvgIpc) is 3.00. The molecule has 0 spiro atoms. The van der Waals surface area contributed by atoms with Gasteiger partial charge in [-0.2, -0.15) is 0 Å². The van der Waals surface area contributed by atoms with E-state index in [0.29, 0.717) is 13.1 Å². The highest BCUT2D eigenvalue weighted by molar-refractivity contribution is 5.77. The maximum atomic E-state index is 12.3. The topological polar surface area (TPSA) is 50.2 Å². The summed E-state index contributed by atoms with van der Waals surface area (Å²) in [6.07, 6.45) is 6.58. The van der Waals surface area contributed by atoms with Crippen molar-refractivity contribution in [3.63, 3.8) is 0 Å². The first-order chi connectivity index (χ1) is 11.6. The number of amides is 2. The zero-order valence-electron chi connectivity index (χ0n) is 14.5. The van der Waals surface area contributed by atoms with Crippen molar-refractivity contribution in [3.8, 4) is 0 Å². The fourth-order valence-electron chi connectivity index (χ4n) is 3.03. The second-order valence-corrected chi connectivity index (χ2v) is 6.33. The molecule has 126 valence electrons. The molecule has 2 amide bonds. The minimum Gasteiger partial charge on any atom is -0.336 e. The third-order valence-corrected chi connectivity index (χ3v) is 4.78. The molecule has 1 aromatic heterocycles. The average molecular weight is 324 g/mol. The summed E-state index contributed by atoms with van der Waals surface area (Å²) in [6.45, 7) is 6.20. The molecule has 0 saturated heterocycles. The number of aryl methyl sites for hydroxylation is 2. The number of urea groups is 1. The molecule has 1 N–H and O–H groups in total. The Kier molecular flexibility index (Phi) is 4.69. The molecule has 0 saturated carbocycles. The van der Waals surface area contributed by atoms with Crippen molar-refractivity contribution in [2.24, 2.45) is 7.05 Å². The Balaban J connectivity index is 1.61. The van der Waals surface area contributed by atoms with Crippen LogP contribution >= 0.6 is 0 Å². The van der Waals surface area contributed by atoms with Gasteiger partial charge in [-0.3, -0.25) is 0 Å². The number of rotatable bonds is 3. The van der Waals surface area contributed by atoms with E-state index in [1.54, 1.807) is 12.5 Å². The Morgan fingerprint density at radius 2 is 2.17 bits per heavy atom. The van der Waals surface area contributed by atoms with E-state index in [1.807, 2.05) is 16.5 Å². The van der Waals surface area contributed by atoms with E-state index in [4.69, 9.17) is 0 Å². The van der Waals surface area contributed by atoms with Crippen LogP contribution in [0.5, 0.6) is 0 Å². The van der Waals surface area contributed by atoms with E-state index < -0.39 is 0 Å². The quantitative estimate of drug-likeness (QED) is 0.943. The summed E-state index contributed by atoms with van der Waals surface area (Å²) in [5.74, 6) is 0. The highest BCUT2D eigenvalue weighted by Crippen LogP contribution is 2.26. The minimum absolute atomic E-state index is 0.0209. The van der Waals surface area contributed by atoms with Crippen LogP contribution in [0.25, 0.3) is 5.57 Å². The number of carbonyl (C=O) groups is 1. The summed E-state index contributed by atoms with van der Waals surface area (Å²) in [4.78, 5) is 18.2. The number of benzene rings is 1. The van der Waals surface area contributed by atoms with Crippen molar-refractivity contribution in [3.05, 3.63) is 59.2 Å². The number of imidazole rings is 1. The normalized spacial score (nSPS) is 14.5. The molecule has 0 radical (unpaired) electrons. The van der Waals surface area contributed by atoms with Crippen molar-refractivity contribution in [2.75, 3.05) is 13.1 Å². The zero-order chi connectivity index (χ0) is 17.1. The Morgan fingerprint density at radius 1 is 1.33 bits per heavy atom.